The van der Waals surface area contributed by atoms with Gasteiger partial charge in [-0.2, -0.15) is 0 Å². The Labute approximate surface area is 122 Å². The largest absolute Gasteiger partial charge is 0.380 e. The minimum atomic E-state index is -1.84. The van der Waals surface area contributed by atoms with Crippen molar-refractivity contribution in [2.75, 3.05) is 6.54 Å². The van der Waals surface area contributed by atoms with Gasteiger partial charge in [0.25, 0.3) is 11.8 Å². The average molecular weight is 288 g/mol. The van der Waals surface area contributed by atoms with Crippen LogP contribution in [0.4, 0.5) is 0 Å². The monoisotopic (exact) mass is 288 g/mol. The SMILES string of the molecule is C#CCNC(=O)[C@H](O)[C@@H](O)C(=O)N1Cc2ccccc2C1. The summed E-state index contributed by atoms with van der Waals surface area (Å²) < 4.78 is 0. The molecule has 2 rings (SSSR count). The molecule has 6 nitrogen and oxygen atoms in total. The predicted molar refractivity (Wildman–Crippen MR) is 74.6 cm³/mol. The highest BCUT2D eigenvalue weighted by Crippen LogP contribution is 2.23. The fourth-order valence-corrected chi connectivity index (χ4v) is 2.20. The molecule has 1 aliphatic rings. The zero-order chi connectivity index (χ0) is 15.4. The van der Waals surface area contributed by atoms with Crippen molar-refractivity contribution in [3.8, 4) is 12.3 Å². The first-order valence-corrected chi connectivity index (χ1v) is 6.47. The van der Waals surface area contributed by atoms with Crippen LogP contribution in [0.25, 0.3) is 0 Å². The van der Waals surface area contributed by atoms with Crippen LogP contribution in [-0.4, -0.2) is 45.7 Å². The van der Waals surface area contributed by atoms with Crippen LogP contribution in [-0.2, 0) is 22.7 Å². The number of aliphatic hydroxyl groups is 2. The van der Waals surface area contributed by atoms with Gasteiger partial charge in [-0.25, -0.2) is 0 Å². The molecule has 0 fully saturated rings. The number of amides is 2. The van der Waals surface area contributed by atoms with Gasteiger partial charge in [-0.05, 0) is 11.1 Å². The van der Waals surface area contributed by atoms with E-state index in [1.165, 1.54) is 4.90 Å². The molecule has 0 saturated carbocycles. The molecule has 0 bridgehead atoms. The van der Waals surface area contributed by atoms with Gasteiger partial charge in [0.05, 0.1) is 6.54 Å². The summed E-state index contributed by atoms with van der Waals surface area (Å²) in [4.78, 5) is 25.0. The van der Waals surface area contributed by atoms with Gasteiger partial charge < -0.3 is 20.4 Å². The fraction of sp³-hybridized carbons (Fsp3) is 0.333. The summed E-state index contributed by atoms with van der Waals surface area (Å²) in [6.07, 6.45) is 1.33. The van der Waals surface area contributed by atoms with Gasteiger partial charge in [0.15, 0.2) is 12.2 Å². The molecule has 1 aromatic carbocycles. The van der Waals surface area contributed by atoms with Crippen molar-refractivity contribution in [3.05, 3.63) is 35.4 Å². The second-order valence-corrected chi connectivity index (χ2v) is 4.77. The third kappa shape index (κ3) is 3.21. The summed E-state index contributed by atoms with van der Waals surface area (Å²) in [5.41, 5.74) is 1.98. The topological polar surface area (TPSA) is 89.9 Å². The minimum Gasteiger partial charge on any atom is -0.380 e. The Morgan fingerprint density at radius 2 is 1.81 bits per heavy atom. The molecule has 0 spiro atoms. The fourth-order valence-electron chi connectivity index (χ4n) is 2.20. The molecular weight excluding hydrogens is 272 g/mol. The molecule has 0 radical (unpaired) electrons. The molecule has 110 valence electrons. The van der Waals surface area contributed by atoms with Crippen LogP contribution < -0.4 is 5.32 Å². The van der Waals surface area contributed by atoms with E-state index >= 15 is 0 Å². The maximum absolute atomic E-state index is 12.1. The van der Waals surface area contributed by atoms with Crippen molar-refractivity contribution in [2.24, 2.45) is 0 Å². The molecule has 21 heavy (non-hydrogen) atoms. The van der Waals surface area contributed by atoms with E-state index in [1.807, 2.05) is 24.3 Å². The first kappa shape index (κ1) is 15.0. The van der Waals surface area contributed by atoms with E-state index in [4.69, 9.17) is 6.42 Å². The van der Waals surface area contributed by atoms with Crippen molar-refractivity contribution in [1.82, 2.24) is 10.2 Å². The number of fused-ring (bicyclic) bond motifs is 1. The Kier molecular flexibility index (Phi) is 4.58. The Bertz CT molecular complexity index is 569. The highest BCUT2D eigenvalue weighted by atomic mass is 16.3. The van der Waals surface area contributed by atoms with Gasteiger partial charge in [-0.15, -0.1) is 6.42 Å². The Hall–Kier alpha value is -2.36. The third-order valence-electron chi connectivity index (χ3n) is 3.34. The quantitative estimate of drug-likeness (QED) is 0.620. The van der Waals surface area contributed by atoms with Gasteiger partial charge >= 0.3 is 0 Å². The summed E-state index contributed by atoms with van der Waals surface area (Å²) >= 11 is 0. The van der Waals surface area contributed by atoms with Crippen LogP contribution in [0.1, 0.15) is 11.1 Å². The van der Waals surface area contributed by atoms with E-state index in [-0.39, 0.29) is 6.54 Å². The molecule has 2 amide bonds. The van der Waals surface area contributed by atoms with E-state index in [9.17, 15) is 19.8 Å². The number of hydrogen-bond acceptors (Lipinski definition) is 4. The lowest BCUT2D eigenvalue weighted by molar-refractivity contribution is -0.153. The molecule has 3 N–H and O–H groups in total. The molecule has 6 heteroatoms. The molecule has 0 unspecified atom stereocenters. The Morgan fingerprint density at radius 1 is 1.24 bits per heavy atom. The number of benzene rings is 1. The number of aliphatic hydroxyl groups excluding tert-OH is 2. The van der Waals surface area contributed by atoms with Crippen molar-refractivity contribution in [1.29, 1.82) is 0 Å². The number of carbonyl (C=O) groups is 2. The summed E-state index contributed by atoms with van der Waals surface area (Å²) in [5.74, 6) is 0.613. The molecular formula is C15H16N2O4. The van der Waals surface area contributed by atoms with Crippen molar-refractivity contribution < 1.29 is 19.8 Å². The van der Waals surface area contributed by atoms with Crippen LogP contribution in [0.15, 0.2) is 24.3 Å². The average Bonchev–Trinajstić information content (AvgIpc) is 2.94. The van der Waals surface area contributed by atoms with Crippen molar-refractivity contribution in [2.45, 2.75) is 25.3 Å². The van der Waals surface area contributed by atoms with E-state index in [0.717, 1.165) is 11.1 Å². The van der Waals surface area contributed by atoms with Crippen LogP contribution in [0.2, 0.25) is 0 Å². The number of terminal acetylenes is 1. The van der Waals surface area contributed by atoms with Gasteiger partial charge in [0, 0.05) is 13.1 Å². The summed E-state index contributed by atoms with van der Waals surface area (Å²) in [7, 11) is 0. The molecule has 0 aliphatic carbocycles. The van der Waals surface area contributed by atoms with Gasteiger partial charge in [0.2, 0.25) is 0 Å². The van der Waals surface area contributed by atoms with Gasteiger partial charge in [-0.1, -0.05) is 30.2 Å². The third-order valence-corrected chi connectivity index (χ3v) is 3.34. The van der Waals surface area contributed by atoms with Crippen LogP contribution in [0.3, 0.4) is 0 Å². The van der Waals surface area contributed by atoms with E-state index in [1.54, 1.807) is 0 Å². The maximum atomic E-state index is 12.1. The first-order chi connectivity index (χ1) is 10.0. The number of nitrogens with one attached hydrogen (secondary N) is 1. The summed E-state index contributed by atoms with van der Waals surface area (Å²) in [6, 6.07) is 7.52. The summed E-state index contributed by atoms with van der Waals surface area (Å²) in [6.45, 7) is 0.626. The molecule has 1 aromatic rings. The van der Waals surface area contributed by atoms with E-state index in [0.29, 0.717) is 13.1 Å². The van der Waals surface area contributed by atoms with Crippen molar-refractivity contribution in [3.63, 3.8) is 0 Å². The van der Waals surface area contributed by atoms with Gasteiger partial charge in [0.1, 0.15) is 0 Å². The number of nitrogens with zero attached hydrogens (tertiary/aromatic N) is 1. The number of carbonyl (C=O) groups excluding carboxylic acids is 2. The lowest BCUT2D eigenvalue weighted by Crippen LogP contribution is -2.49. The zero-order valence-corrected chi connectivity index (χ0v) is 11.3. The molecule has 1 heterocycles. The first-order valence-electron chi connectivity index (χ1n) is 6.47. The maximum Gasteiger partial charge on any atom is 0.255 e. The van der Waals surface area contributed by atoms with Gasteiger partial charge in [-0.3, -0.25) is 9.59 Å². The highest BCUT2D eigenvalue weighted by Gasteiger charge is 2.35. The lowest BCUT2D eigenvalue weighted by atomic mass is 10.1. The lowest BCUT2D eigenvalue weighted by Gasteiger charge is -2.22. The van der Waals surface area contributed by atoms with E-state index in [2.05, 4.69) is 11.2 Å². The molecule has 1 aliphatic heterocycles. The zero-order valence-electron chi connectivity index (χ0n) is 11.3. The molecule has 0 saturated heterocycles. The number of hydrogen-bond donors (Lipinski definition) is 3. The second kappa shape index (κ2) is 6.39. The molecule has 0 aromatic heterocycles. The Morgan fingerprint density at radius 3 is 2.33 bits per heavy atom. The van der Waals surface area contributed by atoms with Crippen LogP contribution >= 0.6 is 0 Å². The summed E-state index contributed by atoms with van der Waals surface area (Å²) in [5, 5.41) is 21.7. The van der Waals surface area contributed by atoms with Crippen LogP contribution in [0, 0.1) is 12.3 Å². The molecule has 2 atom stereocenters. The highest BCUT2D eigenvalue weighted by molar-refractivity contribution is 5.91. The normalized spacial score (nSPS) is 15.8. The van der Waals surface area contributed by atoms with Crippen LogP contribution in [0.5, 0.6) is 0 Å². The van der Waals surface area contributed by atoms with Crippen molar-refractivity contribution >= 4 is 11.8 Å². The predicted octanol–water partition coefficient (Wildman–Crippen LogP) is -1.000. The van der Waals surface area contributed by atoms with E-state index < -0.39 is 24.0 Å². The number of rotatable bonds is 4. The second-order valence-electron chi connectivity index (χ2n) is 4.77. The minimum absolute atomic E-state index is 0.0774. The standard InChI is InChI=1S/C15H16N2O4/c1-2-7-16-14(20)12(18)13(19)15(21)17-8-10-5-3-4-6-11(10)9-17/h1,3-6,12-13,18-19H,7-9H2,(H,16,20)/t12-,13-/m1/s1. The smallest absolute Gasteiger partial charge is 0.255 e. The Balaban J connectivity index is 1.98.